The fraction of sp³-hybridized carbons (Fsp3) is 0.526. The molecule has 2 aliphatic heterocycles. The van der Waals surface area contributed by atoms with E-state index in [0.717, 1.165) is 44.2 Å². The molecule has 4 rings (SSSR count). The molecule has 2 aliphatic rings. The highest BCUT2D eigenvalue weighted by molar-refractivity contribution is 5.78. The van der Waals surface area contributed by atoms with Crippen LogP contribution < -0.4 is 10.6 Å². The normalized spacial score (nSPS) is 19.1. The second kappa shape index (κ2) is 6.48. The third-order valence-electron chi connectivity index (χ3n) is 5.28. The number of aromatic nitrogens is 2. The second-order valence-corrected chi connectivity index (χ2v) is 7.14. The number of likely N-dealkylation sites (N-methyl/N-ethyl adjacent to an activating group) is 1. The van der Waals surface area contributed by atoms with Crippen LogP contribution in [0.4, 0.5) is 11.4 Å². The first kappa shape index (κ1) is 15.5. The van der Waals surface area contributed by atoms with Crippen LogP contribution in [-0.4, -0.2) is 41.1 Å². The largest absolute Gasteiger partial charge is 0.399 e. The summed E-state index contributed by atoms with van der Waals surface area (Å²) in [5.41, 5.74) is 10.7. The van der Waals surface area contributed by atoms with Gasteiger partial charge in [-0.05, 0) is 38.1 Å². The number of fused-ring (bicyclic) bond motifs is 1. The summed E-state index contributed by atoms with van der Waals surface area (Å²) in [6.45, 7) is 5.29. The third-order valence-corrected chi connectivity index (χ3v) is 5.28. The van der Waals surface area contributed by atoms with Gasteiger partial charge in [-0.1, -0.05) is 12.8 Å². The number of rotatable bonds is 2. The molecule has 0 saturated carbocycles. The SMILES string of the molecule is CN1CCn2c(cnc2-c2ccc(N)cc2N2CCCCCC2)C1. The standard InChI is InChI=1S/C19H27N5/c1-22-10-11-24-16(14-22)13-21-19(24)17-7-6-15(20)12-18(17)23-8-4-2-3-5-9-23/h6-7,12-13H,2-5,8-11,14,20H2,1H3. The van der Waals surface area contributed by atoms with E-state index in [1.54, 1.807) is 0 Å². The van der Waals surface area contributed by atoms with Crippen molar-refractivity contribution in [1.29, 1.82) is 0 Å². The molecule has 2 N–H and O–H groups in total. The van der Waals surface area contributed by atoms with E-state index in [1.165, 1.54) is 42.6 Å². The van der Waals surface area contributed by atoms with Crippen molar-refractivity contribution in [3.63, 3.8) is 0 Å². The van der Waals surface area contributed by atoms with Crippen molar-refractivity contribution < 1.29 is 0 Å². The van der Waals surface area contributed by atoms with E-state index in [0.29, 0.717) is 0 Å². The predicted octanol–water partition coefficient (Wildman–Crippen LogP) is 2.96. The van der Waals surface area contributed by atoms with E-state index < -0.39 is 0 Å². The summed E-state index contributed by atoms with van der Waals surface area (Å²) in [7, 11) is 2.17. The lowest BCUT2D eigenvalue weighted by molar-refractivity contribution is 0.271. The maximum atomic E-state index is 6.12. The lowest BCUT2D eigenvalue weighted by Gasteiger charge is -2.28. The number of nitrogens with zero attached hydrogens (tertiary/aromatic N) is 4. The molecule has 5 nitrogen and oxygen atoms in total. The average Bonchev–Trinajstić information content (AvgIpc) is 2.80. The van der Waals surface area contributed by atoms with Crippen LogP contribution >= 0.6 is 0 Å². The fourth-order valence-electron chi connectivity index (χ4n) is 3.94. The van der Waals surface area contributed by atoms with E-state index in [2.05, 4.69) is 33.5 Å². The summed E-state index contributed by atoms with van der Waals surface area (Å²) in [4.78, 5) is 9.64. The molecule has 0 radical (unpaired) electrons. The first-order chi connectivity index (χ1) is 11.7. The van der Waals surface area contributed by atoms with Crippen LogP contribution in [-0.2, 0) is 13.1 Å². The number of nitrogen functional groups attached to an aromatic ring is 1. The topological polar surface area (TPSA) is 50.3 Å². The molecule has 128 valence electrons. The van der Waals surface area contributed by atoms with Gasteiger partial charge in [0.1, 0.15) is 5.82 Å². The maximum absolute atomic E-state index is 6.12. The van der Waals surface area contributed by atoms with Gasteiger partial charge in [0.05, 0.1) is 11.9 Å². The molecule has 1 aromatic carbocycles. The van der Waals surface area contributed by atoms with Gasteiger partial charge < -0.3 is 15.2 Å². The summed E-state index contributed by atoms with van der Waals surface area (Å²) >= 11 is 0. The Kier molecular flexibility index (Phi) is 4.19. The van der Waals surface area contributed by atoms with E-state index in [9.17, 15) is 0 Å². The maximum Gasteiger partial charge on any atom is 0.142 e. The monoisotopic (exact) mass is 325 g/mol. The van der Waals surface area contributed by atoms with Gasteiger partial charge in [-0.2, -0.15) is 0 Å². The van der Waals surface area contributed by atoms with Crippen molar-refractivity contribution >= 4 is 11.4 Å². The van der Waals surface area contributed by atoms with Crippen LogP contribution in [0.3, 0.4) is 0 Å². The van der Waals surface area contributed by atoms with Crippen molar-refractivity contribution in [3.8, 4) is 11.4 Å². The number of anilines is 2. The first-order valence-corrected chi connectivity index (χ1v) is 9.10. The molecule has 3 heterocycles. The zero-order chi connectivity index (χ0) is 16.5. The Morgan fingerprint density at radius 3 is 2.58 bits per heavy atom. The first-order valence-electron chi connectivity index (χ1n) is 9.10. The molecule has 2 aromatic rings. The Labute approximate surface area is 144 Å². The number of hydrogen-bond acceptors (Lipinski definition) is 4. The molecule has 0 spiro atoms. The molecule has 24 heavy (non-hydrogen) atoms. The van der Waals surface area contributed by atoms with Crippen molar-refractivity contribution in [1.82, 2.24) is 14.5 Å². The molecule has 1 saturated heterocycles. The quantitative estimate of drug-likeness (QED) is 0.863. The highest BCUT2D eigenvalue weighted by Gasteiger charge is 2.22. The molecular formula is C19H27N5. The van der Waals surface area contributed by atoms with Crippen LogP contribution in [0.15, 0.2) is 24.4 Å². The number of nitrogens with two attached hydrogens (primary N) is 1. The molecule has 1 fully saturated rings. The summed E-state index contributed by atoms with van der Waals surface area (Å²) in [5.74, 6) is 1.09. The van der Waals surface area contributed by atoms with E-state index in [-0.39, 0.29) is 0 Å². The van der Waals surface area contributed by atoms with Crippen molar-refractivity contribution in [3.05, 3.63) is 30.1 Å². The lowest BCUT2D eigenvalue weighted by atomic mass is 10.1. The van der Waals surface area contributed by atoms with Crippen LogP contribution in [0, 0.1) is 0 Å². The second-order valence-electron chi connectivity index (χ2n) is 7.14. The molecule has 0 bridgehead atoms. The Balaban J connectivity index is 1.76. The Morgan fingerprint density at radius 1 is 1.00 bits per heavy atom. The van der Waals surface area contributed by atoms with Gasteiger partial charge in [0.25, 0.3) is 0 Å². The van der Waals surface area contributed by atoms with E-state index in [4.69, 9.17) is 10.7 Å². The number of imidazole rings is 1. The van der Waals surface area contributed by atoms with Gasteiger partial charge in [0.2, 0.25) is 0 Å². The molecule has 5 heteroatoms. The van der Waals surface area contributed by atoms with Gasteiger partial charge in [0, 0.05) is 49.7 Å². The van der Waals surface area contributed by atoms with Gasteiger partial charge in [-0.15, -0.1) is 0 Å². The Hall–Kier alpha value is -2.01. The number of benzene rings is 1. The van der Waals surface area contributed by atoms with Crippen LogP contribution in [0.5, 0.6) is 0 Å². The van der Waals surface area contributed by atoms with Gasteiger partial charge in [0.15, 0.2) is 0 Å². The lowest BCUT2D eigenvalue weighted by Crippen LogP contribution is -2.30. The Morgan fingerprint density at radius 2 is 1.79 bits per heavy atom. The van der Waals surface area contributed by atoms with Crippen LogP contribution in [0.1, 0.15) is 31.4 Å². The molecular weight excluding hydrogens is 298 g/mol. The summed E-state index contributed by atoms with van der Waals surface area (Å²) in [6, 6.07) is 6.30. The minimum Gasteiger partial charge on any atom is -0.399 e. The van der Waals surface area contributed by atoms with Crippen LogP contribution in [0.2, 0.25) is 0 Å². The van der Waals surface area contributed by atoms with Gasteiger partial charge in [-0.3, -0.25) is 4.90 Å². The molecule has 1 aromatic heterocycles. The number of hydrogen-bond donors (Lipinski definition) is 1. The molecule has 0 aliphatic carbocycles. The third kappa shape index (κ3) is 2.88. The minimum atomic E-state index is 0.836. The minimum absolute atomic E-state index is 0.836. The summed E-state index contributed by atoms with van der Waals surface area (Å²) in [5, 5.41) is 0. The zero-order valence-corrected chi connectivity index (χ0v) is 14.5. The highest BCUT2D eigenvalue weighted by atomic mass is 15.2. The summed E-state index contributed by atoms with van der Waals surface area (Å²) < 4.78 is 2.38. The molecule has 0 unspecified atom stereocenters. The van der Waals surface area contributed by atoms with E-state index in [1.807, 2.05) is 12.3 Å². The smallest absolute Gasteiger partial charge is 0.142 e. The van der Waals surface area contributed by atoms with E-state index >= 15 is 0 Å². The van der Waals surface area contributed by atoms with Crippen molar-refractivity contribution in [2.45, 2.75) is 38.8 Å². The molecule has 0 atom stereocenters. The Bertz CT molecular complexity index is 713. The van der Waals surface area contributed by atoms with Crippen molar-refractivity contribution in [2.75, 3.05) is 37.3 Å². The van der Waals surface area contributed by atoms with Crippen molar-refractivity contribution in [2.24, 2.45) is 0 Å². The van der Waals surface area contributed by atoms with Crippen LogP contribution in [0.25, 0.3) is 11.4 Å². The van der Waals surface area contributed by atoms with Gasteiger partial charge in [-0.25, -0.2) is 4.98 Å². The summed E-state index contributed by atoms with van der Waals surface area (Å²) in [6.07, 6.45) is 7.23. The highest BCUT2D eigenvalue weighted by Crippen LogP contribution is 2.34. The fourth-order valence-corrected chi connectivity index (χ4v) is 3.94. The average molecular weight is 325 g/mol. The van der Waals surface area contributed by atoms with Gasteiger partial charge >= 0.3 is 0 Å². The predicted molar refractivity (Wildman–Crippen MR) is 99.1 cm³/mol. The zero-order valence-electron chi connectivity index (χ0n) is 14.5. The molecule has 0 amide bonds.